The molecule has 1 N–H and O–H groups in total. The van der Waals surface area contributed by atoms with Gasteiger partial charge in [-0.05, 0) is 13.8 Å². The lowest BCUT2D eigenvalue weighted by molar-refractivity contribution is 0.126. The molecule has 0 aliphatic heterocycles. The zero-order valence-corrected chi connectivity index (χ0v) is 9.32. The largest absolute Gasteiger partial charge is 0.507 e. The Kier molecular flexibility index (Phi) is 5.15. The lowest BCUT2D eigenvalue weighted by atomic mass is 10.1. The van der Waals surface area contributed by atoms with Crippen LogP contribution in [0.4, 0.5) is 0 Å². The van der Waals surface area contributed by atoms with Crippen LogP contribution in [0.5, 0.6) is 5.75 Å². The van der Waals surface area contributed by atoms with Gasteiger partial charge in [-0.15, -0.1) is 0 Å². The first kappa shape index (κ1) is 12.0. The lowest BCUT2D eigenvalue weighted by Crippen LogP contribution is -1.97. The van der Waals surface area contributed by atoms with E-state index in [4.69, 9.17) is 9.47 Å². The normalized spacial score (nSPS) is 10.5. The van der Waals surface area contributed by atoms with Crippen LogP contribution in [-0.2, 0) is 22.7 Å². The number of phenolic OH excluding ortho intramolecular Hbond substituents is 1. The minimum Gasteiger partial charge on any atom is -0.507 e. The van der Waals surface area contributed by atoms with Crippen molar-refractivity contribution in [3.05, 3.63) is 29.3 Å². The van der Waals surface area contributed by atoms with Gasteiger partial charge in [0, 0.05) is 24.3 Å². The maximum Gasteiger partial charge on any atom is 0.126 e. The maximum atomic E-state index is 9.88. The number of hydrogen-bond donors (Lipinski definition) is 1. The van der Waals surface area contributed by atoms with Crippen molar-refractivity contribution >= 4 is 0 Å². The average molecular weight is 210 g/mol. The van der Waals surface area contributed by atoms with Gasteiger partial charge in [-0.3, -0.25) is 0 Å². The number of para-hydroxylation sites is 1. The molecule has 1 rings (SSSR count). The Morgan fingerprint density at radius 1 is 1.00 bits per heavy atom. The van der Waals surface area contributed by atoms with E-state index in [1.165, 1.54) is 0 Å². The molecule has 0 amide bonds. The third-order valence-electron chi connectivity index (χ3n) is 2.13. The zero-order chi connectivity index (χ0) is 11.1. The average Bonchev–Trinajstić information content (AvgIpc) is 2.26. The van der Waals surface area contributed by atoms with Crippen LogP contribution in [0.15, 0.2) is 18.2 Å². The highest BCUT2D eigenvalue weighted by molar-refractivity contribution is 5.39. The van der Waals surface area contributed by atoms with Crippen molar-refractivity contribution in [2.75, 3.05) is 13.2 Å². The van der Waals surface area contributed by atoms with Gasteiger partial charge in [0.15, 0.2) is 0 Å². The van der Waals surface area contributed by atoms with E-state index in [1.54, 1.807) is 0 Å². The Balaban J connectivity index is 2.71. The molecule has 15 heavy (non-hydrogen) atoms. The number of aromatic hydroxyl groups is 1. The number of rotatable bonds is 6. The van der Waals surface area contributed by atoms with Crippen LogP contribution < -0.4 is 0 Å². The van der Waals surface area contributed by atoms with E-state index < -0.39 is 0 Å². The van der Waals surface area contributed by atoms with Gasteiger partial charge in [0.2, 0.25) is 0 Å². The van der Waals surface area contributed by atoms with Crippen LogP contribution in [0.2, 0.25) is 0 Å². The van der Waals surface area contributed by atoms with Crippen molar-refractivity contribution in [2.24, 2.45) is 0 Å². The van der Waals surface area contributed by atoms with E-state index in [0.717, 1.165) is 11.1 Å². The fourth-order valence-corrected chi connectivity index (χ4v) is 1.30. The molecule has 3 heteroatoms. The number of ether oxygens (including phenoxy) is 2. The molecule has 0 aliphatic carbocycles. The van der Waals surface area contributed by atoms with Gasteiger partial charge in [0.25, 0.3) is 0 Å². The zero-order valence-electron chi connectivity index (χ0n) is 9.32. The fourth-order valence-electron chi connectivity index (χ4n) is 1.30. The summed E-state index contributed by atoms with van der Waals surface area (Å²) in [5, 5.41) is 9.88. The molecule has 0 aromatic heterocycles. The molecule has 0 unspecified atom stereocenters. The fraction of sp³-hybridized carbons (Fsp3) is 0.500. The van der Waals surface area contributed by atoms with Crippen LogP contribution in [-0.4, -0.2) is 18.3 Å². The molecule has 0 spiro atoms. The molecule has 1 aromatic carbocycles. The van der Waals surface area contributed by atoms with E-state index in [-0.39, 0.29) is 0 Å². The van der Waals surface area contributed by atoms with Crippen LogP contribution in [0.3, 0.4) is 0 Å². The topological polar surface area (TPSA) is 38.7 Å². The Morgan fingerprint density at radius 2 is 1.47 bits per heavy atom. The third kappa shape index (κ3) is 3.53. The Morgan fingerprint density at radius 3 is 1.87 bits per heavy atom. The molecular weight excluding hydrogens is 192 g/mol. The van der Waals surface area contributed by atoms with Gasteiger partial charge in [-0.1, -0.05) is 18.2 Å². The van der Waals surface area contributed by atoms with E-state index in [9.17, 15) is 5.11 Å². The van der Waals surface area contributed by atoms with Gasteiger partial charge in [0.1, 0.15) is 5.75 Å². The number of phenols is 1. The van der Waals surface area contributed by atoms with Crippen molar-refractivity contribution in [1.29, 1.82) is 0 Å². The van der Waals surface area contributed by atoms with E-state index in [0.29, 0.717) is 32.2 Å². The minimum absolute atomic E-state index is 0.291. The van der Waals surface area contributed by atoms with Gasteiger partial charge >= 0.3 is 0 Å². The molecular formula is C12H18O3. The Hall–Kier alpha value is -1.06. The summed E-state index contributed by atoms with van der Waals surface area (Å²) in [5.74, 6) is 0.291. The highest BCUT2D eigenvalue weighted by Crippen LogP contribution is 2.23. The Labute approximate surface area is 90.6 Å². The molecule has 0 bridgehead atoms. The standard InChI is InChI=1S/C12H18O3/c1-3-14-8-10-6-5-7-11(12(10)13)9-15-4-2/h5-7,13H,3-4,8-9H2,1-2H3. The summed E-state index contributed by atoms with van der Waals surface area (Å²) in [4.78, 5) is 0. The summed E-state index contributed by atoms with van der Waals surface area (Å²) in [6, 6.07) is 5.63. The summed E-state index contributed by atoms with van der Waals surface area (Å²) in [7, 11) is 0. The van der Waals surface area contributed by atoms with Crippen LogP contribution in [0.1, 0.15) is 25.0 Å². The molecule has 1 aromatic rings. The van der Waals surface area contributed by atoms with Crippen molar-refractivity contribution in [3.8, 4) is 5.75 Å². The van der Waals surface area contributed by atoms with E-state index in [2.05, 4.69) is 0 Å². The van der Waals surface area contributed by atoms with Gasteiger partial charge in [-0.25, -0.2) is 0 Å². The molecule has 0 fully saturated rings. The second kappa shape index (κ2) is 6.43. The molecule has 84 valence electrons. The van der Waals surface area contributed by atoms with Crippen LogP contribution >= 0.6 is 0 Å². The van der Waals surface area contributed by atoms with Crippen molar-refractivity contribution in [1.82, 2.24) is 0 Å². The second-order valence-corrected chi connectivity index (χ2v) is 3.20. The molecule has 0 radical (unpaired) electrons. The monoisotopic (exact) mass is 210 g/mol. The predicted octanol–water partition coefficient (Wildman–Crippen LogP) is 2.47. The summed E-state index contributed by atoms with van der Waals surface area (Å²) in [6.45, 7) is 6.05. The quantitative estimate of drug-likeness (QED) is 0.783. The predicted molar refractivity (Wildman–Crippen MR) is 58.8 cm³/mol. The smallest absolute Gasteiger partial charge is 0.126 e. The van der Waals surface area contributed by atoms with E-state index in [1.807, 2.05) is 32.0 Å². The van der Waals surface area contributed by atoms with Gasteiger partial charge in [0.05, 0.1) is 13.2 Å². The Bertz CT molecular complexity index is 271. The SMILES string of the molecule is CCOCc1cccc(COCC)c1O. The molecule has 0 heterocycles. The highest BCUT2D eigenvalue weighted by atomic mass is 16.5. The number of hydrogen-bond acceptors (Lipinski definition) is 3. The van der Waals surface area contributed by atoms with E-state index >= 15 is 0 Å². The molecule has 3 nitrogen and oxygen atoms in total. The molecule has 0 saturated heterocycles. The third-order valence-corrected chi connectivity index (χ3v) is 2.13. The summed E-state index contributed by atoms with van der Waals surface area (Å²) >= 11 is 0. The van der Waals surface area contributed by atoms with Crippen molar-refractivity contribution < 1.29 is 14.6 Å². The molecule has 0 aliphatic rings. The highest BCUT2D eigenvalue weighted by Gasteiger charge is 2.06. The van der Waals surface area contributed by atoms with Crippen molar-refractivity contribution in [2.45, 2.75) is 27.1 Å². The van der Waals surface area contributed by atoms with Crippen LogP contribution in [0, 0.1) is 0 Å². The molecule has 0 saturated carbocycles. The summed E-state index contributed by atoms with van der Waals surface area (Å²) < 4.78 is 10.5. The first-order valence-corrected chi connectivity index (χ1v) is 5.24. The summed E-state index contributed by atoms with van der Waals surface area (Å²) in [6.07, 6.45) is 0. The number of benzene rings is 1. The second-order valence-electron chi connectivity index (χ2n) is 3.20. The first-order chi connectivity index (χ1) is 7.29. The minimum atomic E-state index is 0.291. The van der Waals surface area contributed by atoms with Gasteiger partial charge < -0.3 is 14.6 Å². The maximum absolute atomic E-state index is 9.88. The molecule has 0 atom stereocenters. The van der Waals surface area contributed by atoms with Gasteiger partial charge in [-0.2, -0.15) is 0 Å². The first-order valence-electron chi connectivity index (χ1n) is 5.24. The summed E-state index contributed by atoms with van der Waals surface area (Å²) in [5.41, 5.74) is 1.63. The van der Waals surface area contributed by atoms with Crippen molar-refractivity contribution in [3.63, 3.8) is 0 Å². The lowest BCUT2D eigenvalue weighted by Gasteiger charge is -2.09. The van der Waals surface area contributed by atoms with Crippen LogP contribution in [0.25, 0.3) is 0 Å².